The Balaban J connectivity index is 1.49. The number of rotatable bonds is 6. The number of carbonyl (C=O) groups excluding carboxylic acids is 1. The van der Waals surface area contributed by atoms with E-state index in [0.717, 1.165) is 10.6 Å². The molecule has 7 nitrogen and oxygen atoms in total. The largest absolute Gasteiger partial charge is 0.338 e. The second-order valence-corrected chi connectivity index (χ2v) is 8.44. The summed E-state index contributed by atoms with van der Waals surface area (Å²) in [6.07, 6.45) is 3.81. The molecule has 0 fully saturated rings. The summed E-state index contributed by atoms with van der Waals surface area (Å²) in [5, 5.41) is 16.1. The first kappa shape index (κ1) is 18.4. The maximum atomic E-state index is 12.0. The molecular weight excluding hydrogens is 370 g/mol. The van der Waals surface area contributed by atoms with Crippen LogP contribution in [0.2, 0.25) is 0 Å². The van der Waals surface area contributed by atoms with Gasteiger partial charge >= 0.3 is 0 Å². The van der Waals surface area contributed by atoms with Gasteiger partial charge in [-0.3, -0.25) is 15.2 Å². The number of anilines is 1. The molecule has 3 aromatic rings. The van der Waals surface area contributed by atoms with Gasteiger partial charge in [0.25, 0.3) is 0 Å². The predicted molar refractivity (Wildman–Crippen MR) is 104 cm³/mol. The molecule has 1 amide bonds. The fourth-order valence-electron chi connectivity index (χ4n) is 1.94. The number of aromatic nitrogens is 4. The van der Waals surface area contributed by atoms with Gasteiger partial charge in [0.15, 0.2) is 0 Å². The number of thiophene rings is 1. The van der Waals surface area contributed by atoms with Gasteiger partial charge in [-0.2, -0.15) is 0 Å². The van der Waals surface area contributed by atoms with Crippen LogP contribution in [-0.4, -0.2) is 32.0 Å². The molecule has 0 saturated heterocycles. The van der Waals surface area contributed by atoms with Gasteiger partial charge in [0, 0.05) is 16.4 Å². The average molecular weight is 390 g/mol. The second-order valence-electron chi connectivity index (χ2n) is 6.52. The number of nitrogens with one attached hydrogen (secondary N) is 2. The lowest BCUT2D eigenvalue weighted by atomic mass is 9.92. The second kappa shape index (κ2) is 7.88. The highest BCUT2D eigenvalue weighted by atomic mass is 32.2. The third kappa shape index (κ3) is 5.06. The molecule has 136 valence electrons. The lowest BCUT2D eigenvalue weighted by Gasteiger charge is -2.12. The Morgan fingerprint density at radius 2 is 2.27 bits per heavy atom. The van der Waals surface area contributed by atoms with Gasteiger partial charge in [0.2, 0.25) is 16.9 Å². The highest BCUT2D eigenvalue weighted by Crippen LogP contribution is 2.24. The first-order chi connectivity index (χ1) is 12.4. The molecule has 3 heterocycles. The Labute approximate surface area is 159 Å². The molecule has 0 spiro atoms. The van der Waals surface area contributed by atoms with Gasteiger partial charge < -0.3 is 4.52 Å². The van der Waals surface area contributed by atoms with Crippen molar-refractivity contribution in [2.24, 2.45) is 0 Å². The summed E-state index contributed by atoms with van der Waals surface area (Å²) >= 11 is 2.89. The SMILES string of the molecule is CC(C)(C)c1cc(NC(=O)CSc2n[nH]c(/C=C/c3cccs3)n2)on1. The van der Waals surface area contributed by atoms with Crippen LogP contribution in [0.4, 0.5) is 5.88 Å². The molecule has 9 heteroatoms. The Hall–Kier alpha value is -2.39. The van der Waals surface area contributed by atoms with E-state index in [-0.39, 0.29) is 17.1 Å². The van der Waals surface area contributed by atoms with Crippen LogP contribution in [0.3, 0.4) is 0 Å². The maximum Gasteiger partial charge on any atom is 0.237 e. The zero-order valence-corrected chi connectivity index (χ0v) is 16.3. The number of hydrogen-bond donors (Lipinski definition) is 2. The molecule has 0 aliphatic heterocycles. The van der Waals surface area contributed by atoms with Crippen LogP contribution in [0, 0.1) is 0 Å². The summed E-state index contributed by atoms with van der Waals surface area (Å²) in [7, 11) is 0. The van der Waals surface area contributed by atoms with E-state index < -0.39 is 0 Å². The number of carbonyl (C=O) groups is 1. The van der Waals surface area contributed by atoms with E-state index in [1.165, 1.54) is 11.8 Å². The number of aromatic amines is 1. The Bertz CT molecular complexity index is 891. The molecule has 3 rings (SSSR count). The van der Waals surface area contributed by atoms with Gasteiger partial charge in [-0.1, -0.05) is 43.8 Å². The zero-order valence-electron chi connectivity index (χ0n) is 14.6. The monoisotopic (exact) mass is 389 g/mol. The van der Waals surface area contributed by atoms with Gasteiger partial charge in [-0.25, -0.2) is 4.98 Å². The van der Waals surface area contributed by atoms with Crippen molar-refractivity contribution >= 4 is 47.0 Å². The lowest BCUT2D eigenvalue weighted by molar-refractivity contribution is -0.113. The quantitative estimate of drug-likeness (QED) is 0.617. The van der Waals surface area contributed by atoms with Crippen LogP contribution in [0.1, 0.15) is 37.2 Å². The van der Waals surface area contributed by atoms with Gasteiger partial charge in [0.1, 0.15) is 5.82 Å². The minimum absolute atomic E-state index is 0.132. The Morgan fingerprint density at radius 3 is 2.96 bits per heavy atom. The van der Waals surface area contributed by atoms with Crippen LogP contribution in [0.5, 0.6) is 0 Å². The molecule has 26 heavy (non-hydrogen) atoms. The summed E-state index contributed by atoms with van der Waals surface area (Å²) in [4.78, 5) is 17.5. The van der Waals surface area contributed by atoms with Crippen LogP contribution >= 0.6 is 23.1 Å². The van der Waals surface area contributed by atoms with Gasteiger partial charge in [0.05, 0.1) is 11.4 Å². The van der Waals surface area contributed by atoms with E-state index in [1.807, 2.05) is 50.4 Å². The number of H-pyrrole nitrogens is 1. The van der Waals surface area contributed by atoms with Crippen molar-refractivity contribution in [3.63, 3.8) is 0 Å². The van der Waals surface area contributed by atoms with Crippen LogP contribution < -0.4 is 5.32 Å². The van der Waals surface area contributed by atoms with E-state index in [1.54, 1.807) is 17.4 Å². The summed E-state index contributed by atoms with van der Waals surface area (Å²) < 4.78 is 5.15. The number of nitrogens with zero attached hydrogens (tertiary/aromatic N) is 3. The number of hydrogen-bond acceptors (Lipinski definition) is 7. The number of thioether (sulfide) groups is 1. The minimum Gasteiger partial charge on any atom is -0.338 e. The highest BCUT2D eigenvalue weighted by Gasteiger charge is 2.19. The minimum atomic E-state index is -0.202. The predicted octanol–water partition coefficient (Wildman–Crippen LogP) is 4.05. The van der Waals surface area contributed by atoms with Crippen LogP contribution in [0.15, 0.2) is 33.3 Å². The molecular formula is C17H19N5O2S2. The molecule has 0 radical (unpaired) electrons. The number of amides is 1. The average Bonchev–Trinajstić information content (AvgIpc) is 3.32. The summed E-state index contributed by atoms with van der Waals surface area (Å²) in [6, 6.07) is 5.75. The molecule has 3 aromatic heterocycles. The normalized spacial score (nSPS) is 12.0. The summed E-state index contributed by atoms with van der Waals surface area (Å²) in [5.74, 6) is 0.964. The van der Waals surface area contributed by atoms with Gasteiger partial charge in [-0.15, -0.1) is 16.4 Å². The molecule has 0 aliphatic rings. The lowest BCUT2D eigenvalue weighted by Crippen LogP contribution is -2.14. The maximum absolute atomic E-state index is 12.0. The highest BCUT2D eigenvalue weighted by molar-refractivity contribution is 7.99. The van der Waals surface area contributed by atoms with Crippen molar-refractivity contribution in [3.05, 3.63) is 40.0 Å². The molecule has 0 saturated carbocycles. The van der Waals surface area contributed by atoms with E-state index in [9.17, 15) is 4.79 Å². The zero-order chi connectivity index (χ0) is 18.6. The van der Waals surface area contributed by atoms with Crippen molar-refractivity contribution in [3.8, 4) is 0 Å². The van der Waals surface area contributed by atoms with Crippen molar-refractivity contribution in [2.75, 3.05) is 11.1 Å². The Kier molecular flexibility index (Phi) is 5.58. The van der Waals surface area contributed by atoms with Crippen molar-refractivity contribution in [2.45, 2.75) is 31.3 Å². The third-order valence-electron chi connectivity index (χ3n) is 3.30. The first-order valence-corrected chi connectivity index (χ1v) is 9.80. The van der Waals surface area contributed by atoms with E-state index >= 15 is 0 Å². The topological polar surface area (TPSA) is 96.7 Å². The van der Waals surface area contributed by atoms with Crippen molar-refractivity contribution in [1.29, 1.82) is 0 Å². The smallest absolute Gasteiger partial charge is 0.237 e. The fourth-order valence-corrected chi connectivity index (χ4v) is 3.16. The van der Waals surface area contributed by atoms with Crippen molar-refractivity contribution < 1.29 is 9.32 Å². The molecule has 0 unspecified atom stereocenters. The van der Waals surface area contributed by atoms with Crippen LogP contribution in [0.25, 0.3) is 12.2 Å². The van der Waals surface area contributed by atoms with Gasteiger partial charge in [-0.05, 0) is 23.6 Å². The Morgan fingerprint density at radius 1 is 1.42 bits per heavy atom. The third-order valence-corrected chi connectivity index (χ3v) is 4.99. The summed E-state index contributed by atoms with van der Waals surface area (Å²) in [6.45, 7) is 6.08. The van der Waals surface area contributed by atoms with E-state index in [0.29, 0.717) is 16.9 Å². The molecule has 0 bridgehead atoms. The fraction of sp³-hybridized carbons (Fsp3) is 0.294. The standard InChI is InChI=1S/C17H19N5O2S2/c1-17(2,3)12-9-15(24-22-12)19-14(23)10-26-16-18-13(20-21-16)7-6-11-5-4-8-25-11/h4-9H,10H2,1-3H3,(H,19,23)(H,18,20,21)/b7-6+. The summed E-state index contributed by atoms with van der Waals surface area (Å²) in [5.41, 5.74) is 0.657. The van der Waals surface area contributed by atoms with E-state index in [4.69, 9.17) is 4.52 Å². The molecule has 0 aromatic carbocycles. The van der Waals surface area contributed by atoms with Crippen molar-refractivity contribution in [1.82, 2.24) is 20.3 Å². The molecule has 0 atom stereocenters. The van der Waals surface area contributed by atoms with E-state index in [2.05, 4.69) is 25.7 Å². The van der Waals surface area contributed by atoms with Crippen LogP contribution in [-0.2, 0) is 10.2 Å². The molecule has 0 aliphatic carbocycles. The molecule has 2 N–H and O–H groups in total. The first-order valence-electron chi connectivity index (χ1n) is 7.94.